The second kappa shape index (κ2) is 6.83. The van der Waals surface area contributed by atoms with Crippen LogP contribution in [0.2, 0.25) is 0 Å². The number of nitrogens with zero attached hydrogens (tertiary/aromatic N) is 3. The maximum absolute atomic E-state index is 12.3. The molecule has 2 unspecified atom stereocenters. The summed E-state index contributed by atoms with van der Waals surface area (Å²) in [6, 6.07) is 2.52. The summed E-state index contributed by atoms with van der Waals surface area (Å²) in [7, 11) is 0. The zero-order chi connectivity index (χ0) is 16.4. The van der Waals surface area contributed by atoms with E-state index in [4.69, 9.17) is 5.73 Å². The highest BCUT2D eigenvalue weighted by Crippen LogP contribution is 2.25. The summed E-state index contributed by atoms with van der Waals surface area (Å²) in [4.78, 5) is 23.4. The van der Waals surface area contributed by atoms with Crippen molar-refractivity contribution in [2.45, 2.75) is 58.0 Å². The van der Waals surface area contributed by atoms with E-state index in [-0.39, 0.29) is 23.9 Å². The molecule has 0 radical (unpaired) electrons. The lowest BCUT2D eigenvalue weighted by Gasteiger charge is -2.33. The normalized spacial score (nSPS) is 25.6. The van der Waals surface area contributed by atoms with E-state index in [1.165, 1.54) is 0 Å². The van der Waals surface area contributed by atoms with E-state index in [0.29, 0.717) is 0 Å². The Hall–Kier alpha value is -1.69. The van der Waals surface area contributed by atoms with Crippen LogP contribution in [-0.2, 0) is 4.79 Å². The van der Waals surface area contributed by atoms with E-state index in [1.807, 2.05) is 19.9 Å². The van der Waals surface area contributed by atoms with Gasteiger partial charge in [-0.05, 0) is 46.0 Å². The number of aromatic nitrogens is 2. The molecule has 3 rings (SSSR count). The molecule has 0 spiro atoms. The monoisotopic (exact) mass is 317 g/mol. The van der Waals surface area contributed by atoms with Crippen molar-refractivity contribution in [1.82, 2.24) is 15.3 Å². The number of anilines is 1. The zero-order valence-corrected chi connectivity index (χ0v) is 14.1. The number of nitrogens with one attached hydrogen (secondary N) is 1. The van der Waals surface area contributed by atoms with Crippen molar-refractivity contribution >= 4 is 11.7 Å². The van der Waals surface area contributed by atoms with Crippen LogP contribution in [0.3, 0.4) is 0 Å². The average molecular weight is 317 g/mol. The Kier molecular flexibility index (Phi) is 4.80. The Morgan fingerprint density at radius 1 is 1.22 bits per heavy atom. The van der Waals surface area contributed by atoms with E-state index in [0.717, 1.165) is 62.5 Å². The van der Waals surface area contributed by atoms with Crippen molar-refractivity contribution in [3.8, 4) is 0 Å². The zero-order valence-electron chi connectivity index (χ0n) is 14.1. The first-order valence-electron chi connectivity index (χ1n) is 8.64. The second-order valence-electron chi connectivity index (χ2n) is 6.95. The molecule has 2 heterocycles. The highest BCUT2D eigenvalue weighted by molar-refractivity contribution is 5.79. The van der Waals surface area contributed by atoms with Crippen LogP contribution in [0.4, 0.5) is 5.82 Å². The number of carbonyl (C=O) groups excluding carboxylic acids is 1. The first kappa shape index (κ1) is 16.2. The number of nitrogens with two attached hydrogens (primary N) is 1. The Balaban J connectivity index is 1.51. The van der Waals surface area contributed by atoms with Gasteiger partial charge in [-0.3, -0.25) is 4.79 Å². The summed E-state index contributed by atoms with van der Waals surface area (Å²) in [5.41, 5.74) is 6.90. The van der Waals surface area contributed by atoms with Crippen LogP contribution in [0.15, 0.2) is 6.07 Å². The molecule has 1 amide bonds. The molecule has 1 saturated heterocycles. The number of aryl methyl sites for hydroxylation is 2. The van der Waals surface area contributed by atoms with Crippen LogP contribution >= 0.6 is 0 Å². The molecule has 1 aromatic heterocycles. The first-order valence-corrected chi connectivity index (χ1v) is 8.64. The molecule has 126 valence electrons. The van der Waals surface area contributed by atoms with Crippen molar-refractivity contribution in [2.75, 3.05) is 18.0 Å². The summed E-state index contributed by atoms with van der Waals surface area (Å²) >= 11 is 0. The third kappa shape index (κ3) is 3.99. The van der Waals surface area contributed by atoms with Crippen LogP contribution in [0.25, 0.3) is 0 Å². The van der Waals surface area contributed by atoms with Gasteiger partial charge < -0.3 is 16.0 Å². The maximum Gasteiger partial charge on any atom is 0.223 e. The SMILES string of the molecule is Cc1cc(N2CCC(NC(=O)C3CCC(N)C3)CC2)nc(C)n1. The molecule has 6 nitrogen and oxygen atoms in total. The van der Waals surface area contributed by atoms with Gasteiger partial charge in [0.25, 0.3) is 0 Å². The van der Waals surface area contributed by atoms with Crippen molar-refractivity contribution in [1.29, 1.82) is 0 Å². The van der Waals surface area contributed by atoms with E-state index < -0.39 is 0 Å². The van der Waals surface area contributed by atoms with Gasteiger partial charge in [0, 0.05) is 42.9 Å². The van der Waals surface area contributed by atoms with Crippen LogP contribution in [-0.4, -0.2) is 41.0 Å². The van der Waals surface area contributed by atoms with Gasteiger partial charge in [-0.15, -0.1) is 0 Å². The predicted octanol–water partition coefficient (Wildman–Crippen LogP) is 1.31. The molecule has 1 aliphatic carbocycles. The van der Waals surface area contributed by atoms with Gasteiger partial charge >= 0.3 is 0 Å². The Bertz CT molecular complexity index is 548. The third-order valence-electron chi connectivity index (χ3n) is 4.96. The maximum atomic E-state index is 12.3. The van der Waals surface area contributed by atoms with E-state index in [2.05, 4.69) is 20.2 Å². The summed E-state index contributed by atoms with van der Waals surface area (Å²) in [5, 5.41) is 3.22. The molecule has 1 aromatic rings. The number of piperidine rings is 1. The molecule has 6 heteroatoms. The Labute approximate surface area is 137 Å². The van der Waals surface area contributed by atoms with Crippen LogP contribution < -0.4 is 16.0 Å². The lowest BCUT2D eigenvalue weighted by atomic mass is 10.0. The molecule has 2 aliphatic rings. The highest BCUT2D eigenvalue weighted by atomic mass is 16.1. The lowest BCUT2D eigenvalue weighted by molar-refractivity contribution is -0.125. The van der Waals surface area contributed by atoms with Gasteiger partial charge in [0.1, 0.15) is 11.6 Å². The number of amides is 1. The molecule has 1 saturated carbocycles. The van der Waals surface area contributed by atoms with E-state index in [9.17, 15) is 4.79 Å². The van der Waals surface area contributed by atoms with Crippen molar-refractivity contribution in [3.63, 3.8) is 0 Å². The predicted molar refractivity (Wildman–Crippen MR) is 90.2 cm³/mol. The molecule has 0 aromatic carbocycles. The van der Waals surface area contributed by atoms with Gasteiger partial charge in [0.05, 0.1) is 0 Å². The van der Waals surface area contributed by atoms with Gasteiger partial charge in [0.2, 0.25) is 5.91 Å². The summed E-state index contributed by atoms with van der Waals surface area (Å²) in [6.45, 7) is 5.77. The van der Waals surface area contributed by atoms with Gasteiger partial charge in [-0.2, -0.15) is 0 Å². The fourth-order valence-corrected chi connectivity index (χ4v) is 3.69. The minimum absolute atomic E-state index is 0.121. The summed E-state index contributed by atoms with van der Waals surface area (Å²) in [6.07, 6.45) is 4.68. The van der Waals surface area contributed by atoms with Gasteiger partial charge in [-0.25, -0.2) is 9.97 Å². The largest absolute Gasteiger partial charge is 0.356 e. The van der Waals surface area contributed by atoms with E-state index in [1.54, 1.807) is 0 Å². The third-order valence-corrected chi connectivity index (χ3v) is 4.96. The summed E-state index contributed by atoms with van der Waals surface area (Å²) in [5.74, 6) is 2.13. The molecule has 23 heavy (non-hydrogen) atoms. The lowest BCUT2D eigenvalue weighted by Crippen LogP contribution is -2.46. The van der Waals surface area contributed by atoms with Crippen LogP contribution in [0.1, 0.15) is 43.6 Å². The topological polar surface area (TPSA) is 84.1 Å². The van der Waals surface area contributed by atoms with Crippen LogP contribution in [0, 0.1) is 19.8 Å². The smallest absolute Gasteiger partial charge is 0.223 e. The second-order valence-corrected chi connectivity index (χ2v) is 6.95. The standard InChI is InChI=1S/C17H27N5O/c1-11-9-16(20-12(2)19-11)22-7-5-15(6-8-22)21-17(23)13-3-4-14(18)10-13/h9,13-15H,3-8,10,18H2,1-2H3,(H,21,23). The Morgan fingerprint density at radius 3 is 2.57 bits per heavy atom. The van der Waals surface area contributed by atoms with Crippen molar-refractivity contribution in [2.24, 2.45) is 11.7 Å². The fraction of sp³-hybridized carbons (Fsp3) is 0.706. The van der Waals surface area contributed by atoms with E-state index >= 15 is 0 Å². The molecule has 2 atom stereocenters. The number of hydrogen-bond donors (Lipinski definition) is 2. The number of rotatable bonds is 3. The minimum atomic E-state index is 0.121. The fourth-order valence-electron chi connectivity index (χ4n) is 3.69. The average Bonchev–Trinajstić information content (AvgIpc) is 2.94. The summed E-state index contributed by atoms with van der Waals surface area (Å²) < 4.78 is 0. The van der Waals surface area contributed by atoms with Gasteiger partial charge in [0.15, 0.2) is 0 Å². The quantitative estimate of drug-likeness (QED) is 0.878. The molecule has 2 fully saturated rings. The number of carbonyl (C=O) groups is 1. The molecular weight excluding hydrogens is 290 g/mol. The van der Waals surface area contributed by atoms with Crippen molar-refractivity contribution < 1.29 is 4.79 Å². The van der Waals surface area contributed by atoms with Crippen molar-refractivity contribution in [3.05, 3.63) is 17.6 Å². The Morgan fingerprint density at radius 2 is 1.96 bits per heavy atom. The number of hydrogen-bond acceptors (Lipinski definition) is 5. The molecule has 1 aliphatic heterocycles. The molecule has 3 N–H and O–H groups in total. The van der Waals surface area contributed by atoms with Crippen LogP contribution in [0.5, 0.6) is 0 Å². The minimum Gasteiger partial charge on any atom is -0.356 e. The highest BCUT2D eigenvalue weighted by Gasteiger charge is 2.30. The molecule has 0 bridgehead atoms. The first-order chi connectivity index (χ1) is 11.0. The van der Waals surface area contributed by atoms with Gasteiger partial charge in [-0.1, -0.05) is 0 Å². The molecular formula is C17H27N5O.